The summed E-state index contributed by atoms with van der Waals surface area (Å²) in [6, 6.07) is 10.6. The average Bonchev–Trinajstić information content (AvgIpc) is 2.63. The minimum absolute atomic E-state index is 0.191. The molecule has 0 saturated carbocycles. The quantitative estimate of drug-likeness (QED) is 0.857. The summed E-state index contributed by atoms with van der Waals surface area (Å²) in [5.41, 5.74) is 1.14. The van der Waals surface area contributed by atoms with Crippen molar-refractivity contribution in [3.63, 3.8) is 0 Å². The lowest BCUT2D eigenvalue weighted by Crippen LogP contribution is -2.59. The molecule has 0 radical (unpaired) electrons. The molecule has 1 aromatic heterocycles. The van der Waals surface area contributed by atoms with Crippen molar-refractivity contribution >= 4 is 5.95 Å². The number of piperidine rings is 1. The van der Waals surface area contributed by atoms with E-state index >= 15 is 0 Å². The molecule has 0 amide bonds. The van der Waals surface area contributed by atoms with Crippen LogP contribution in [0.3, 0.4) is 0 Å². The Labute approximate surface area is 147 Å². The third kappa shape index (κ3) is 3.80. The van der Waals surface area contributed by atoms with Gasteiger partial charge in [-0.1, -0.05) is 30.3 Å². The number of halogens is 1. The molecule has 25 heavy (non-hydrogen) atoms. The highest BCUT2D eigenvalue weighted by atomic mass is 19.1. The summed E-state index contributed by atoms with van der Waals surface area (Å²) in [6.45, 7) is 5.17. The van der Waals surface area contributed by atoms with Gasteiger partial charge in [-0.25, -0.2) is 14.4 Å². The maximum atomic E-state index is 13.1. The molecule has 2 aliphatic heterocycles. The fraction of sp³-hybridized carbons (Fsp3) is 0.474. The molecule has 2 aromatic rings. The molecule has 1 spiro atoms. The van der Waals surface area contributed by atoms with Crippen LogP contribution in [0.4, 0.5) is 10.3 Å². The fourth-order valence-corrected chi connectivity index (χ4v) is 3.88. The van der Waals surface area contributed by atoms with Crippen LogP contribution in [0.15, 0.2) is 42.7 Å². The van der Waals surface area contributed by atoms with Gasteiger partial charge in [0.1, 0.15) is 0 Å². The molecule has 0 aliphatic carbocycles. The van der Waals surface area contributed by atoms with E-state index in [0.29, 0.717) is 5.95 Å². The summed E-state index contributed by atoms with van der Waals surface area (Å²) in [4.78, 5) is 12.9. The highest BCUT2D eigenvalue weighted by Crippen LogP contribution is 2.31. The van der Waals surface area contributed by atoms with Crippen LogP contribution in [0, 0.1) is 5.82 Å². The van der Waals surface area contributed by atoms with Gasteiger partial charge in [-0.15, -0.1) is 0 Å². The first-order valence-corrected chi connectivity index (χ1v) is 8.85. The lowest BCUT2D eigenvalue weighted by atomic mass is 9.90. The average molecular weight is 342 g/mol. The van der Waals surface area contributed by atoms with Gasteiger partial charge in [0.2, 0.25) is 5.95 Å². The molecule has 3 heterocycles. The monoisotopic (exact) mass is 342 g/mol. The number of benzene rings is 1. The van der Waals surface area contributed by atoms with E-state index in [1.807, 2.05) is 6.07 Å². The molecule has 0 unspecified atom stereocenters. The number of anilines is 1. The first-order valence-electron chi connectivity index (χ1n) is 8.85. The Kier molecular flexibility index (Phi) is 4.63. The predicted octanol–water partition coefficient (Wildman–Crippen LogP) is 2.49. The van der Waals surface area contributed by atoms with Crippen molar-refractivity contribution in [2.45, 2.75) is 25.0 Å². The van der Waals surface area contributed by atoms with E-state index in [0.717, 1.165) is 52.2 Å². The standard InChI is InChI=1S/C19H23FN4O/c20-17-11-21-18(22-12-17)24-8-4-7-19(15-24)14-23(9-10-25-19)13-16-5-2-1-3-6-16/h1-3,5-6,11-12H,4,7-10,13-15H2/t19-/m0/s1. The lowest BCUT2D eigenvalue weighted by molar-refractivity contribution is -0.116. The van der Waals surface area contributed by atoms with Crippen LogP contribution in [0.2, 0.25) is 0 Å². The van der Waals surface area contributed by atoms with Gasteiger partial charge in [0, 0.05) is 26.2 Å². The highest BCUT2D eigenvalue weighted by Gasteiger charge is 2.41. The Balaban J connectivity index is 1.45. The summed E-state index contributed by atoms with van der Waals surface area (Å²) in [5, 5.41) is 0. The van der Waals surface area contributed by atoms with Crippen molar-refractivity contribution in [1.82, 2.24) is 14.9 Å². The number of nitrogens with zero attached hydrogens (tertiary/aromatic N) is 4. The van der Waals surface area contributed by atoms with E-state index in [1.54, 1.807) is 0 Å². The van der Waals surface area contributed by atoms with Gasteiger partial charge in [0.25, 0.3) is 0 Å². The summed E-state index contributed by atoms with van der Waals surface area (Å²) >= 11 is 0. The molecule has 2 fully saturated rings. The van der Waals surface area contributed by atoms with E-state index < -0.39 is 5.82 Å². The Morgan fingerprint density at radius 1 is 1.08 bits per heavy atom. The molecule has 0 N–H and O–H groups in total. The number of morpholine rings is 1. The zero-order valence-electron chi connectivity index (χ0n) is 14.3. The molecule has 1 aromatic carbocycles. The van der Waals surface area contributed by atoms with Crippen molar-refractivity contribution in [2.75, 3.05) is 37.7 Å². The molecular weight excluding hydrogens is 319 g/mol. The van der Waals surface area contributed by atoms with Crippen LogP contribution in [-0.2, 0) is 11.3 Å². The first kappa shape index (κ1) is 16.4. The van der Waals surface area contributed by atoms with Gasteiger partial charge in [-0.3, -0.25) is 4.90 Å². The molecule has 2 saturated heterocycles. The van der Waals surface area contributed by atoms with Crippen LogP contribution >= 0.6 is 0 Å². The van der Waals surface area contributed by atoms with Crippen LogP contribution in [0.1, 0.15) is 18.4 Å². The van der Waals surface area contributed by atoms with Gasteiger partial charge >= 0.3 is 0 Å². The second-order valence-corrected chi connectivity index (χ2v) is 6.95. The predicted molar refractivity (Wildman–Crippen MR) is 93.8 cm³/mol. The van der Waals surface area contributed by atoms with Gasteiger partial charge in [-0.2, -0.15) is 0 Å². The SMILES string of the molecule is Fc1cnc(N2CCC[C@]3(CN(Cc4ccccc4)CCO3)C2)nc1. The zero-order chi connectivity index (χ0) is 17.1. The van der Waals surface area contributed by atoms with Gasteiger partial charge in [0.15, 0.2) is 5.82 Å². The van der Waals surface area contributed by atoms with Crippen LogP contribution < -0.4 is 4.90 Å². The molecule has 4 rings (SSSR count). The number of hydrogen-bond acceptors (Lipinski definition) is 5. The molecule has 0 bridgehead atoms. The third-order valence-corrected chi connectivity index (χ3v) is 5.01. The fourth-order valence-electron chi connectivity index (χ4n) is 3.88. The van der Waals surface area contributed by atoms with E-state index in [9.17, 15) is 4.39 Å². The van der Waals surface area contributed by atoms with Crippen molar-refractivity contribution in [2.24, 2.45) is 0 Å². The molecule has 5 nitrogen and oxygen atoms in total. The maximum Gasteiger partial charge on any atom is 0.225 e. The Hall–Kier alpha value is -2.05. The van der Waals surface area contributed by atoms with Gasteiger partial charge in [-0.05, 0) is 18.4 Å². The van der Waals surface area contributed by atoms with Crippen LogP contribution in [0.5, 0.6) is 0 Å². The smallest absolute Gasteiger partial charge is 0.225 e. The Bertz CT molecular complexity index is 692. The molecular formula is C19H23FN4O. The second kappa shape index (κ2) is 7.06. The Morgan fingerprint density at radius 3 is 2.68 bits per heavy atom. The van der Waals surface area contributed by atoms with Crippen molar-refractivity contribution < 1.29 is 9.13 Å². The molecule has 1 atom stereocenters. The summed E-state index contributed by atoms with van der Waals surface area (Å²) in [7, 11) is 0. The van der Waals surface area contributed by atoms with Crippen molar-refractivity contribution in [3.05, 3.63) is 54.1 Å². The number of ether oxygens (including phenoxy) is 1. The molecule has 6 heteroatoms. The van der Waals surface area contributed by atoms with E-state index in [2.05, 4.69) is 44.0 Å². The topological polar surface area (TPSA) is 41.5 Å². The van der Waals surface area contributed by atoms with Gasteiger partial charge in [0.05, 0.1) is 31.1 Å². The third-order valence-electron chi connectivity index (χ3n) is 5.01. The minimum atomic E-state index is -0.404. The molecule has 132 valence electrons. The van der Waals surface area contributed by atoms with E-state index in [1.165, 1.54) is 18.0 Å². The van der Waals surface area contributed by atoms with E-state index in [4.69, 9.17) is 4.74 Å². The lowest BCUT2D eigenvalue weighted by Gasteiger charge is -2.48. The number of hydrogen-bond donors (Lipinski definition) is 0. The van der Waals surface area contributed by atoms with Gasteiger partial charge < -0.3 is 9.64 Å². The summed E-state index contributed by atoms with van der Waals surface area (Å²) in [6.07, 6.45) is 4.52. The largest absolute Gasteiger partial charge is 0.370 e. The zero-order valence-corrected chi connectivity index (χ0v) is 14.3. The van der Waals surface area contributed by atoms with Crippen LogP contribution in [-0.4, -0.2) is 53.3 Å². The van der Waals surface area contributed by atoms with E-state index in [-0.39, 0.29) is 5.60 Å². The summed E-state index contributed by atoms with van der Waals surface area (Å²) < 4.78 is 19.3. The van der Waals surface area contributed by atoms with Crippen molar-refractivity contribution in [1.29, 1.82) is 0 Å². The van der Waals surface area contributed by atoms with Crippen molar-refractivity contribution in [3.8, 4) is 0 Å². The number of rotatable bonds is 3. The molecule has 2 aliphatic rings. The highest BCUT2D eigenvalue weighted by molar-refractivity contribution is 5.31. The minimum Gasteiger partial charge on any atom is -0.370 e. The Morgan fingerprint density at radius 2 is 1.88 bits per heavy atom. The normalized spacial score (nSPS) is 24.6. The summed E-state index contributed by atoms with van der Waals surface area (Å²) in [5.74, 6) is 0.183. The maximum absolute atomic E-state index is 13.1. The number of aromatic nitrogens is 2. The first-order chi connectivity index (χ1) is 12.2. The van der Waals surface area contributed by atoms with Crippen LogP contribution in [0.25, 0.3) is 0 Å². The second-order valence-electron chi connectivity index (χ2n) is 6.95.